The third-order valence-electron chi connectivity index (χ3n) is 4.81. The van der Waals surface area contributed by atoms with Crippen molar-refractivity contribution >= 4 is 5.97 Å². The first-order chi connectivity index (χ1) is 13.1. The number of hydrogen-bond acceptors (Lipinski definition) is 4. The molecular formula is C23H25N3O2Pt. The van der Waals surface area contributed by atoms with Crippen LogP contribution in [0.3, 0.4) is 0 Å². The Morgan fingerprint density at radius 1 is 0.828 bits per heavy atom. The first-order valence-corrected chi connectivity index (χ1v) is 9.24. The van der Waals surface area contributed by atoms with Crippen LogP contribution in [0.2, 0.25) is 0 Å². The average Bonchev–Trinajstić information content (AvgIpc) is 2.67. The van der Waals surface area contributed by atoms with Crippen molar-refractivity contribution < 1.29 is 31.0 Å². The molecule has 0 aliphatic rings. The summed E-state index contributed by atoms with van der Waals surface area (Å²) in [5.74, 6) is -0.910. The number of nitrogens with zero attached hydrogens (tertiary/aromatic N) is 3. The molecule has 29 heavy (non-hydrogen) atoms. The Bertz CT molecular complexity index is 1010. The van der Waals surface area contributed by atoms with E-state index in [1.807, 2.05) is 48.5 Å². The van der Waals surface area contributed by atoms with Crippen LogP contribution in [0, 0.1) is 0 Å². The maximum atomic E-state index is 11.8. The summed E-state index contributed by atoms with van der Waals surface area (Å²) in [7, 11) is 0. The maximum Gasteiger partial charge on any atom is 0.315 e. The minimum atomic E-state index is -1.10. The summed E-state index contributed by atoms with van der Waals surface area (Å²) in [5, 5.41) is 9.68. The Labute approximate surface area is 185 Å². The SMILES string of the molecule is CC(C)(C)c1cc(-c2cccc(-c3ccccn3)n2)nc(C(C)(C)C(=O)O)c1.[Pt]. The van der Waals surface area contributed by atoms with Crippen molar-refractivity contribution in [1.82, 2.24) is 15.0 Å². The standard InChI is InChI=1S/C23H25N3O2.Pt/c1-22(2,3)15-13-19(26-20(14-15)23(4,5)21(27)28)18-11-8-10-17(25-18)16-9-6-7-12-24-16;/h6-14H,1-5H3,(H,27,28);. The van der Waals surface area contributed by atoms with Crippen LogP contribution in [0.15, 0.2) is 54.7 Å². The molecule has 0 saturated carbocycles. The van der Waals surface area contributed by atoms with E-state index < -0.39 is 11.4 Å². The van der Waals surface area contributed by atoms with Gasteiger partial charge in [-0.25, -0.2) is 9.97 Å². The quantitative estimate of drug-likeness (QED) is 0.485. The maximum absolute atomic E-state index is 11.8. The molecule has 0 aliphatic carbocycles. The molecule has 0 aliphatic heterocycles. The van der Waals surface area contributed by atoms with Gasteiger partial charge in [-0.2, -0.15) is 0 Å². The molecule has 0 saturated heterocycles. The molecule has 0 aromatic carbocycles. The van der Waals surface area contributed by atoms with E-state index in [4.69, 9.17) is 4.98 Å². The van der Waals surface area contributed by atoms with Crippen LogP contribution in [-0.4, -0.2) is 26.0 Å². The minimum Gasteiger partial charge on any atom is -0.481 e. The summed E-state index contributed by atoms with van der Waals surface area (Å²) < 4.78 is 0. The smallest absolute Gasteiger partial charge is 0.315 e. The van der Waals surface area contributed by atoms with E-state index >= 15 is 0 Å². The van der Waals surface area contributed by atoms with Crippen LogP contribution in [0.4, 0.5) is 0 Å². The summed E-state index contributed by atoms with van der Waals surface area (Å²) in [6, 6.07) is 15.3. The molecule has 0 spiro atoms. The molecule has 0 fully saturated rings. The molecular weight excluding hydrogens is 545 g/mol. The molecule has 154 valence electrons. The Hall–Kier alpha value is -2.39. The Kier molecular flexibility index (Phi) is 6.74. The number of carboxylic acids is 1. The van der Waals surface area contributed by atoms with Gasteiger partial charge in [0.2, 0.25) is 0 Å². The zero-order valence-electron chi connectivity index (χ0n) is 17.2. The number of carboxylic acid groups (broad SMARTS) is 1. The second-order valence-electron chi connectivity index (χ2n) is 8.43. The number of aliphatic carboxylic acids is 1. The Morgan fingerprint density at radius 2 is 1.45 bits per heavy atom. The number of aromatic nitrogens is 3. The van der Waals surface area contributed by atoms with E-state index in [2.05, 4.69) is 30.7 Å². The second kappa shape index (κ2) is 8.54. The molecule has 3 rings (SSSR count). The van der Waals surface area contributed by atoms with Crippen molar-refractivity contribution in [2.75, 3.05) is 0 Å². The third kappa shape index (κ3) is 4.97. The summed E-state index contributed by atoms with van der Waals surface area (Å²) in [6.07, 6.45) is 1.73. The van der Waals surface area contributed by atoms with E-state index in [1.54, 1.807) is 20.0 Å². The summed E-state index contributed by atoms with van der Waals surface area (Å²) in [4.78, 5) is 25.6. The van der Waals surface area contributed by atoms with Crippen molar-refractivity contribution in [1.29, 1.82) is 0 Å². The van der Waals surface area contributed by atoms with Crippen LogP contribution >= 0.6 is 0 Å². The first-order valence-electron chi connectivity index (χ1n) is 9.24. The molecule has 1 N–H and O–H groups in total. The van der Waals surface area contributed by atoms with E-state index in [-0.39, 0.29) is 26.5 Å². The number of rotatable bonds is 4. The van der Waals surface area contributed by atoms with Gasteiger partial charge in [0.1, 0.15) is 5.41 Å². The summed E-state index contributed by atoms with van der Waals surface area (Å²) in [5.41, 5.74) is 3.17. The Balaban J connectivity index is 0.00000300. The molecule has 3 aromatic rings. The van der Waals surface area contributed by atoms with E-state index in [0.717, 1.165) is 17.0 Å². The molecule has 0 atom stereocenters. The topological polar surface area (TPSA) is 76.0 Å². The van der Waals surface area contributed by atoms with Gasteiger partial charge in [0.05, 0.1) is 28.5 Å². The normalized spacial score (nSPS) is 11.6. The summed E-state index contributed by atoms with van der Waals surface area (Å²) in [6.45, 7) is 9.64. The minimum absolute atomic E-state index is 0. The molecule has 6 heteroatoms. The summed E-state index contributed by atoms with van der Waals surface area (Å²) >= 11 is 0. The number of pyridine rings is 3. The average molecular weight is 571 g/mol. The Morgan fingerprint density at radius 3 is 2.00 bits per heavy atom. The van der Waals surface area contributed by atoms with E-state index in [9.17, 15) is 9.90 Å². The molecule has 0 amide bonds. The molecule has 0 bridgehead atoms. The van der Waals surface area contributed by atoms with Crippen LogP contribution in [0.5, 0.6) is 0 Å². The molecule has 3 aromatic heterocycles. The monoisotopic (exact) mass is 570 g/mol. The van der Waals surface area contributed by atoms with E-state index in [0.29, 0.717) is 17.1 Å². The largest absolute Gasteiger partial charge is 0.481 e. The third-order valence-corrected chi connectivity index (χ3v) is 4.81. The van der Waals surface area contributed by atoms with Gasteiger partial charge < -0.3 is 5.11 Å². The zero-order valence-corrected chi connectivity index (χ0v) is 19.5. The van der Waals surface area contributed by atoms with Crippen LogP contribution in [0.1, 0.15) is 45.9 Å². The van der Waals surface area contributed by atoms with Gasteiger partial charge >= 0.3 is 5.97 Å². The van der Waals surface area contributed by atoms with Crippen molar-refractivity contribution in [3.63, 3.8) is 0 Å². The van der Waals surface area contributed by atoms with Crippen molar-refractivity contribution in [3.8, 4) is 22.8 Å². The zero-order chi connectivity index (χ0) is 20.5. The predicted octanol–water partition coefficient (Wildman–Crippen LogP) is 4.86. The second-order valence-corrected chi connectivity index (χ2v) is 8.43. The fourth-order valence-electron chi connectivity index (χ4n) is 2.76. The van der Waals surface area contributed by atoms with Crippen molar-refractivity contribution in [3.05, 3.63) is 66.0 Å². The molecule has 0 unspecified atom stereocenters. The van der Waals surface area contributed by atoms with Gasteiger partial charge in [0, 0.05) is 27.3 Å². The predicted molar refractivity (Wildman–Crippen MR) is 110 cm³/mol. The number of carbonyl (C=O) groups is 1. The van der Waals surface area contributed by atoms with Gasteiger partial charge in [0.25, 0.3) is 0 Å². The van der Waals surface area contributed by atoms with Gasteiger partial charge in [0.15, 0.2) is 0 Å². The molecule has 5 nitrogen and oxygen atoms in total. The fraction of sp³-hybridized carbons (Fsp3) is 0.304. The van der Waals surface area contributed by atoms with Gasteiger partial charge in [-0.15, -0.1) is 0 Å². The van der Waals surface area contributed by atoms with Crippen LogP contribution in [0.25, 0.3) is 22.8 Å². The van der Waals surface area contributed by atoms with Gasteiger partial charge in [-0.1, -0.05) is 32.9 Å². The molecule has 0 radical (unpaired) electrons. The van der Waals surface area contributed by atoms with Crippen molar-refractivity contribution in [2.45, 2.75) is 45.4 Å². The van der Waals surface area contributed by atoms with E-state index in [1.165, 1.54) is 0 Å². The van der Waals surface area contributed by atoms with Gasteiger partial charge in [-0.3, -0.25) is 9.78 Å². The fourth-order valence-corrected chi connectivity index (χ4v) is 2.76. The van der Waals surface area contributed by atoms with Crippen LogP contribution in [-0.2, 0) is 36.7 Å². The first kappa shape index (κ1) is 22.9. The number of hydrogen-bond donors (Lipinski definition) is 1. The molecule has 3 heterocycles. The van der Waals surface area contributed by atoms with Crippen molar-refractivity contribution in [2.24, 2.45) is 0 Å². The van der Waals surface area contributed by atoms with Gasteiger partial charge in [-0.05, 0) is 61.2 Å². The van der Waals surface area contributed by atoms with Crippen LogP contribution < -0.4 is 0 Å².